The first-order chi connectivity index (χ1) is 12.7. The minimum atomic E-state index is -0.415. The molecule has 1 aromatic heterocycles. The summed E-state index contributed by atoms with van der Waals surface area (Å²) in [6.45, 7) is 2.03. The van der Waals surface area contributed by atoms with Gasteiger partial charge in [0.1, 0.15) is 11.1 Å². The summed E-state index contributed by atoms with van der Waals surface area (Å²) in [6.07, 6.45) is 0. The summed E-state index contributed by atoms with van der Waals surface area (Å²) < 4.78 is 5.50. The van der Waals surface area contributed by atoms with E-state index in [1.54, 1.807) is 6.07 Å². The van der Waals surface area contributed by atoms with Gasteiger partial charge in [0.05, 0.1) is 0 Å². The van der Waals surface area contributed by atoms with E-state index in [1.165, 1.54) is 5.56 Å². The highest BCUT2D eigenvalue weighted by atomic mass is 16.4. The molecule has 0 saturated heterocycles. The van der Waals surface area contributed by atoms with Gasteiger partial charge in [0, 0.05) is 16.5 Å². The molecule has 0 saturated carbocycles. The molecule has 4 aromatic rings. The van der Waals surface area contributed by atoms with Gasteiger partial charge in [0.15, 0.2) is 0 Å². The fourth-order valence-electron chi connectivity index (χ4n) is 2.94. The van der Waals surface area contributed by atoms with Crippen molar-refractivity contribution in [2.24, 2.45) is 0 Å². The molecule has 0 aliphatic heterocycles. The first-order valence-corrected chi connectivity index (χ1v) is 8.42. The lowest BCUT2D eigenvalue weighted by Crippen LogP contribution is -2.07. The van der Waals surface area contributed by atoms with Crippen molar-refractivity contribution >= 4 is 11.0 Å². The number of rotatable bonds is 1. The van der Waals surface area contributed by atoms with Gasteiger partial charge in [0.25, 0.3) is 0 Å². The third-order valence-electron chi connectivity index (χ3n) is 4.26. The molecule has 0 amide bonds. The summed E-state index contributed by atoms with van der Waals surface area (Å²) in [6, 6.07) is 25.3. The highest BCUT2D eigenvalue weighted by molar-refractivity contribution is 5.96. The Balaban J connectivity index is 1.99. The maximum absolute atomic E-state index is 12.6. The largest absolute Gasteiger partial charge is 0.422 e. The Kier molecular flexibility index (Phi) is 4.13. The molecule has 0 bridgehead atoms. The molecule has 0 spiro atoms. The topological polar surface area (TPSA) is 30.2 Å². The van der Waals surface area contributed by atoms with Gasteiger partial charge < -0.3 is 4.42 Å². The standard InChI is InChI=1S/C24H16O2/c1-17-11-13-18(14-12-17)15-16-21-23(19-7-3-2-4-8-19)20-9-5-6-10-22(20)26-24(21)25/h2-14H,1H3. The zero-order chi connectivity index (χ0) is 17.9. The molecule has 0 aliphatic rings. The van der Waals surface area contributed by atoms with E-state index in [1.807, 2.05) is 79.7 Å². The van der Waals surface area contributed by atoms with Crippen LogP contribution < -0.4 is 5.63 Å². The summed E-state index contributed by atoms with van der Waals surface area (Å²) in [7, 11) is 0. The predicted octanol–water partition coefficient (Wildman–Crippen LogP) is 5.17. The van der Waals surface area contributed by atoms with Gasteiger partial charge in [-0.2, -0.15) is 0 Å². The lowest BCUT2D eigenvalue weighted by Gasteiger charge is -2.08. The van der Waals surface area contributed by atoms with Crippen molar-refractivity contribution in [2.45, 2.75) is 6.92 Å². The Morgan fingerprint density at radius 1 is 0.769 bits per heavy atom. The first-order valence-electron chi connectivity index (χ1n) is 8.42. The zero-order valence-corrected chi connectivity index (χ0v) is 14.3. The van der Waals surface area contributed by atoms with Crippen molar-refractivity contribution in [1.29, 1.82) is 0 Å². The summed E-state index contributed by atoms with van der Waals surface area (Å²) in [4.78, 5) is 12.6. The lowest BCUT2D eigenvalue weighted by atomic mass is 9.97. The second kappa shape index (κ2) is 6.74. The van der Waals surface area contributed by atoms with Crippen LogP contribution in [-0.2, 0) is 0 Å². The van der Waals surface area contributed by atoms with Gasteiger partial charge in [-0.25, -0.2) is 4.79 Å². The number of hydrogen-bond acceptors (Lipinski definition) is 2. The van der Waals surface area contributed by atoms with Crippen molar-refractivity contribution in [3.05, 3.63) is 106 Å². The molecule has 0 aliphatic carbocycles. The number of para-hydroxylation sites is 1. The van der Waals surface area contributed by atoms with Crippen molar-refractivity contribution in [3.63, 3.8) is 0 Å². The summed E-state index contributed by atoms with van der Waals surface area (Å²) in [5.41, 5.74) is 4.34. The molecule has 2 nitrogen and oxygen atoms in total. The van der Waals surface area contributed by atoms with Crippen LogP contribution in [0.1, 0.15) is 16.7 Å². The predicted molar refractivity (Wildman–Crippen MR) is 105 cm³/mol. The van der Waals surface area contributed by atoms with Crippen LogP contribution in [0.5, 0.6) is 0 Å². The smallest absolute Gasteiger partial charge is 0.352 e. The van der Waals surface area contributed by atoms with Crippen LogP contribution in [0.15, 0.2) is 88.1 Å². The molecular weight excluding hydrogens is 320 g/mol. The minimum absolute atomic E-state index is 0.385. The Hall–Kier alpha value is -3.57. The van der Waals surface area contributed by atoms with Gasteiger partial charge in [-0.3, -0.25) is 0 Å². The Bertz CT molecular complexity index is 1190. The summed E-state index contributed by atoms with van der Waals surface area (Å²) in [5.74, 6) is 6.15. The fraction of sp³-hybridized carbons (Fsp3) is 0.0417. The third-order valence-corrected chi connectivity index (χ3v) is 4.26. The molecule has 0 atom stereocenters. The number of fused-ring (bicyclic) bond motifs is 1. The molecule has 2 heteroatoms. The van der Waals surface area contributed by atoms with E-state index in [9.17, 15) is 4.79 Å². The molecular formula is C24H16O2. The third kappa shape index (κ3) is 3.03. The van der Waals surface area contributed by atoms with Crippen LogP contribution in [0.3, 0.4) is 0 Å². The van der Waals surface area contributed by atoms with E-state index < -0.39 is 5.63 Å². The maximum atomic E-state index is 12.6. The molecule has 0 N–H and O–H groups in total. The molecule has 26 heavy (non-hydrogen) atoms. The number of hydrogen-bond donors (Lipinski definition) is 0. The van der Waals surface area contributed by atoms with E-state index in [4.69, 9.17) is 4.42 Å². The highest BCUT2D eigenvalue weighted by Gasteiger charge is 2.14. The van der Waals surface area contributed by atoms with E-state index >= 15 is 0 Å². The normalized spacial score (nSPS) is 10.3. The fourth-order valence-corrected chi connectivity index (χ4v) is 2.94. The molecule has 3 aromatic carbocycles. The van der Waals surface area contributed by atoms with Crippen LogP contribution in [0.2, 0.25) is 0 Å². The van der Waals surface area contributed by atoms with Gasteiger partial charge in [-0.1, -0.05) is 78.1 Å². The van der Waals surface area contributed by atoms with Crippen molar-refractivity contribution < 1.29 is 4.42 Å². The summed E-state index contributed by atoms with van der Waals surface area (Å²) in [5, 5.41) is 0.881. The van der Waals surface area contributed by atoms with E-state index in [0.29, 0.717) is 11.1 Å². The molecule has 0 unspecified atom stereocenters. The molecule has 124 valence electrons. The van der Waals surface area contributed by atoms with Crippen LogP contribution >= 0.6 is 0 Å². The molecule has 4 rings (SSSR count). The zero-order valence-electron chi connectivity index (χ0n) is 14.3. The van der Waals surface area contributed by atoms with Crippen molar-refractivity contribution in [1.82, 2.24) is 0 Å². The van der Waals surface area contributed by atoms with Gasteiger partial charge in [-0.05, 0) is 30.7 Å². The SMILES string of the molecule is Cc1ccc(C#Cc2c(-c3ccccc3)c3ccccc3oc2=O)cc1. The average molecular weight is 336 g/mol. The first kappa shape index (κ1) is 15.9. The Morgan fingerprint density at radius 2 is 1.46 bits per heavy atom. The minimum Gasteiger partial charge on any atom is -0.422 e. The van der Waals surface area contributed by atoms with Crippen LogP contribution in [-0.4, -0.2) is 0 Å². The van der Waals surface area contributed by atoms with Crippen LogP contribution in [0.25, 0.3) is 22.1 Å². The monoisotopic (exact) mass is 336 g/mol. The van der Waals surface area contributed by atoms with Crippen LogP contribution in [0, 0.1) is 18.8 Å². The van der Waals surface area contributed by atoms with E-state index in [-0.39, 0.29) is 0 Å². The van der Waals surface area contributed by atoms with Gasteiger partial charge in [-0.15, -0.1) is 0 Å². The second-order valence-corrected chi connectivity index (χ2v) is 6.12. The van der Waals surface area contributed by atoms with Crippen molar-refractivity contribution in [3.8, 4) is 23.0 Å². The Labute approximate surface area is 151 Å². The number of benzene rings is 3. The van der Waals surface area contributed by atoms with Crippen LogP contribution in [0.4, 0.5) is 0 Å². The summed E-state index contributed by atoms with van der Waals surface area (Å²) >= 11 is 0. The van der Waals surface area contributed by atoms with E-state index in [0.717, 1.165) is 22.1 Å². The quantitative estimate of drug-likeness (QED) is 0.355. The molecule has 0 radical (unpaired) electrons. The van der Waals surface area contributed by atoms with E-state index in [2.05, 4.69) is 11.8 Å². The van der Waals surface area contributed by atoms with Crippen molar-refractivity contribution in [2.75, 3.05) is 0 Å². The number of aryl methyl sites for hydroxylation is 1. The second-order valence-electron chi connectivity index (χ2n) is 6.12. The maximum Gasteiger partial charge on any atom is 0.352 e. The lowest BCUT2D eigenvalue weighted by molar-refractivity contribution is 0.559. The molecule has 0 fully saturated rings. The Morgan fingerprint density at radius 3 is 2.23 bits per heavy atom. The molecule has 1 heterocycles. The highest BCUT2D eigenvalue weighted by Crippen LogP contribution is 2.29. The average Bonchev–Trinajstić information content (AvgIpc) is 2.68. The van der Waals surface area contributed by atoms with Gasteiger partial charge >= 0.3 is 5.63 Å². The van der Waals surface area contributed by atoms with Gasteiger partial charge in [0.2, 0.25) is 0 Å².